The minimum atomic E-state index is -0.465. The number of aromatic nitrogens is 1. The number of carbonyl (C=O) groups excluding carboxylic acids is 2. The number of pyridine rings is 1. The Hall–Kier alpha value is -3.67. The predicted octanol–water partition coefficient (Wildman–Crippen LogP) is 6.01. The molecule has 2 atom stereocenters. The van der Waals surface area contributed by atoms with Crippen LogP contribution in [0.3, 0.4) is 0 Å². The van der Waals surface area contributed by atoms with Gasteiger partial charge in [-0.05, 0) is 83.9 Å². The molecule has 2 aromatic carbocycles. The highest BCUT2D eigenvalue weighted by Crippen LogP contribution is 2.52. The zero-order valence-corrected chi connectivity index (χ0v) is 22.3. The van der Waals surface area contributed by atoms with Crippen LogP contribution >= 0.6 is 0 Å². The van der Waals surface area contributed by atoms with Gasteiger partial charge in [0.1, 0.15) is 5.75 Å². The highest BCUT2D eigenvalue weighted by molar-refractivity contribution is 6.07. The molecule has 3 aliphatic rings. The molecule has 2 fully saturated rings. The molecule has 6 nitrogen and oxygen atoms in total. The first-order valence-corrected chi connectivity index (χ1v) is 13.5. The van der Waals surface area contributed by atoms with Gasteiger partial charge in [0.25, 0.3) is 5.91 Å². The fourth-order valence-electron chi connectivity index (χ4n) is 7.32. The number of hydrogen-bond donors (Lipinski definition) is 1. The second kappa shape index (κ2) is 8.97. The van der Waals surface area contributed by atoms with E-state index in [0.717, 1.165) is 65.5 Å². The highest BCUT2D eigenvalue weighted by Gasteiger charge is 2.51. The van der Waals surface area contributed by atoms with Crippen molar-refractivity contribution in [2.45, 2.75) is 58.9 Å². The zero-order valence-electron chi connectivity index (χ0n) is 22.3. The van der Waals surface area contributed by atoms with Crippen molar-refractivity contribution in [3.05, 3.63) is 70.9 Å². The molecule has 0 radical (unpaired) electrons. The van der Waals surface area contributed by atoms with Crippen LogP contribution in [0.5, 0.6) is 5.75 Å². The molecule has 0 spiro atoms. The number of aromatic hydroxyl groups is 1. The van der Waals surface area contributed by atoms with Crippen LogP contribution in [0.15, 0.2) is 48.5 Å². The van der Waals surface area contributed by atoms with E-state index in [1.807, 2.05) is 41.3 Å². The molecule has 3 aromatic rings. The van der Waals surface area contributed by atoms with Crippen molar-refractivity contribution >= 4 is 34.4 Å². The lowest BCUT2D eigenvalue weighted by atomic mass is 9.65. The molecular formula is C32H34N2O4. The Kier molecular flexibility index (Phi) is 5.82. The molecule has 38 heavy (non-hydrogen) atoms. The molecule has 1 saturated carbocycles. The number of benzene rings is 2. The van der Waals surface area contributed by atoms with E-state index in [9.17, 15) is 14.7 Å². The van der Waals surface area contributed by atoms with Gasteiger partial charge in [-0.2, -0.15) is 0 Å². The molecule has 2 unspecified atom stereocenters. The molecule has 2 aliphatic carbocycles. The molecule has 1 aliphatic heterocycles. The number of carbonyl (C=O) groups is 2. The number of phenols is 1. The summed E-state index contributed by atoms with van der Waals surface area (Å²) >= 11 is 0. The fourth-order valence-corrected chi connectivity index (χ4v) is 7.32. The van der Waals surface area contributed by atoms with Crippen molar-refractivity contribution in [3.63, 3.8) is 0 Å². The van der Waals surface area contributed by atoms with E-state index in [1.54, 1.807) is 12.1 Å². The van der Waals surface area contributed by atoms with Crippen LogP contribution in [0.25, 0.3) is 22.6 Å². The normalized spacial score (nSPS) is 24.6. The molecule has 2 heterocycles. The molecule has 196 valence electrons. The van der Waals surface area contributed by atoms with Crippen LogP contribution in [0.1, 0.15) is 73.6 Å². The van der Waals surface area contributed by atoms with Crippen molar-refractivity contribution in [1.29, 1.82) is 0 Å². The van der Waals surface area contributed by atoms with Crippen molar-refractivity contribution in [2.24, 2.45) is 10.8 Å². The first-order chi connectivity index (χ1) is 18.1. The Morgan fingerprint density at radius 2 is 1.84 bits per heavy atom. The van der Waals surface area contributed by atoms with Crippen molar-refractivity contribution < 1.29 is 19.4 Å². The molecular weight excluding hydrogens is 476 g/mol. The Morgan fingerprint density at radius 1 is 1.08 bits per heavy atom. The van der Waals surface area contributed by atoms with E-state index in [-0.39, 0.29) is 35.1 Å². The lowest BCUT2D eigenvalue weighted by molar-refractivity contribution is -0.135. The van der Waals surface area contributed by atoms with E-state index >= 15 is 0 Å². The number of para-hydroxylation sites is 1. The number of hydrogen-bond acceptors (Lipinski definition) is 5. The van der Waals surface area contributed by atoms with Crippen molar-refractivity contribution in [2.75, 3.05) is 13.2 Å². The lowest BCUT2D eigenvalue weighted by Gasteiger charge is -2.39. The van der Waals surface area contributed by atoms with Crippen LogP contribution in [0, 0.1) is 10.8 Å². The number of allylic oxidation sites excluding steroid dienone is 1. The summed E-state index contributed by atoms with van der Waals surface area (Å²) in [7, 11) is 0. The summed E-state index contributed by atoms with van der Waals surface area (Å²) in [5.74, 6) is -0.349. The average molecular weight is 511 g/mol. The number of fused-ring (bicyclic) bond motifs is 4. The van der Waals surface area contributed by atoms with Gasteiger partial charge in [0, 0.05) is 18.0 Å². The van der Waals surface area contributed by atoms with Crippen LogP contribution in [-0.2, 0) is 16.0 Å². The Balaban J connectivity index is 1.27. The number of amides is 1. The molecule has 1 aromatic heterocycles. The molecule has 2 bridgehead atoms. The molecule has 1 N–H and O–H groups in total. The molecule has 6 rings (SSSR count). The Labute approximate surface area is 223 Å². The largest absolute Gasteiger partial charge is 0.508 e. The van der Waals surface area contributed by atoms with Gasteiger partial charge >= 0.3 is 5.97 Å². The van der Waals surface area contributed by atoms with Gasteiger partial charge in [0.15, 0.2) is 6.61 Å². The van der Waals surface area contributed by atoms with Gasteiger partial charge < -0.3 is 14.7 Å². The Bertz CT molecular complexity index is 1470. The van der Waals surface area contributed by atoms with Crippen LogP contribution < -0.4 is 0 Å². The van der Waals surface area contributed by atoms with Gasteiger partial charge in [0.05, 0.1) is 16.8 Å². The Morgan fingerprint density at radius 3 is 2.63 bits per heavy atom. The SMILES string of the molecule is CC1(C)CC2CC(C)(CN2C(=O)COC(=O)c2c3c(nc4ccccc24)/C(=C/c2ccc(O)cc2)CC3)C1. The standard InChI is InChI=1S/C32H34N2O4/c1-31(2)15-22-16-32(3,18-31)19-34(22)27(36)17-38-30(37)28-24-6-4-5-7-26(24)33-29-21(10-13-25(28)29)14-20-8-11-23(35)12-9-20/h4-9,11-12,14,22,35H,10,13,15-19H2,1-3H3/b21-14+. The summed E-state index contributed by atoms with van der Waals surface area (Å²) in [4.78, 5) is 33.7. The van der Waals surface area contributed by atoms with Gasteiger partial charge in [0.2, 0.25) is 0 Å². The van der Waals surface area contributed by atoms with Gasteiger partial charge in [-0.3, -0.25) is 4.79 Å². The van der Waals surface area contributed by atoms with E-state index < -0.39 is 5.97 Å². The number of esters is 1. The minimum Gasteiger partial charge on any atom is -0.508 e. The lowest BCUT2D eigenvalue weighted by Crippen LogP contribution is -2.39. The number of rotatable bonds is 4. The second-order valence-electron chi connectivity index (χ2n) is 12.4. The summed E-state index contributed by atoms with van der Waals surface area (Å²) in [5, 5.41) is 10.4. The maximum Gasteiger partial charge on any atom is 0.339 e. The first kappa shape index (κ1) is 24.7. The third kappa shape index (κ3) is 4.46. The first-order valence-electron chi connectivity index (χ1n) is 13.5. The predicted molar refractivity (Wildman–Crippen MR) is 148 cm³/mol. The monoisotopic (exact) mass is 510 g/mol. The van der Waals surface area contributed by atoms with Gasteiger partial charge in [-0.15, -0.1) is 0 Å². The van der Waals surface area contributed by atoms with Crippen LogP contribution in [0.2, 0.25) is 0 Å². The minimum absolute atomic E-state index is 0.104. The number of phenolic OH excluding ortho intramolecular Hbond substituents is 1. The van der Waals surface area contributed by atoms with Crippen molar-refractivity contribution in [3.8, 4) is 5.75 Å². The van der Waals surface area contributed by atoms with Crippen LogP contribution in [0.4, 0.5) is 0 Å². The third-order valence-electron chi connectivity index (χ3n) is 8.44. The van der Waals surface area contributed by atoms with Gasteiger partial charge in [-0.25, -0.2) is 9.78 Å². The number of nitrogens with zero attached hydrogens (tertiary/aromatic N) is 2. The quantitative estimate of drug-likeness (QED) is 0.435. The molecule has 1 amide bonds. The van der Waals surface area contributed by atoms with Gasteiger partial charge in [-0.1, -0.05) is 51.1 Å². The summed E-state index contributed by atoms with van der Waals surface area (Å²) in [6.45, 7) is 7.33. The summed E-state index contributed by atoms with van der Waals surface area (Å²) in [6.07, 6.45) is 6.60. The molecule has 6 heteroatoms. The maximum absolute atomic E-state index is 13.6. The second-order valence-corrected chi connectivity index (χ2v) is 12.4. The smallest absolute Gasteiger partial charge is 0.339 e. The zero-order chi connectivity index (χ0) is 26.7. The third-order valence-corrected chi connectivity index (χ3v) is 8.44. The van der Waals surface area contributed by atoms with Crippen LogP contribution in [-0.4, -0.2) is 46.1 Å². The number of likely N-dealkylation sites (tertiary alicyclic amines) is 1. The van der Waals surface area contributed by atoms with E-state index in [4.69, 9.17) is 9.72 Å². The maximum atomic E-state index is 13.6. The number of ether oxygens (including phenoxy) is 1. The van der Waals surface area contributed by atoms with E-state index in [2.05, 4.69) is 26.8 Å². The molecule has 1 saturated heterocycles. The van der Waals surface area contributed by atoms with E-state index in [0.29, 0.717) is 12.0 Å². The summed E-state index contributed by atoms with van der Waals surface area (Å²) < 4.78 is 5.73. The summed E-state index contributed by atoms with van der Waals surface area (Å²) in [5.41, 5.74) is 5.27. The summed E-state index contributed by atoms with van der Waals surface area (Å²) in [6, 6.07) is 14.9. The fraction of sp³-hybridized carbons (Fsp3) is 0.406. The average Bonchev–Trinajstić information content (AvgIpc) is 3.38. The van der Waals surface area contributed by atoms with Crippen molar-refractivity contribution in [1.82, 2.24) is 9.88 Å². The van der Waals surface area contributed by atoms with E-state index in [1.165, 1.54) is 0 Å². The highest BCUT2D eigenvalue weighted by atomic mass is 16.5. The topological polar surface area (TPSA) is 79.7 Å².